The molecule has 1 rings (SSSR count). The van der Waals surface area contributed by atoms with Crippen molar-refractivity contribution >= 4 is 12.1 Å². The molecule has 0 unspecified atom stereocenters. The molecule has 0 radical (unpaired) electrons. The third kappa shape index (κ3) is 3.49. The van der Waals surface area contributed by atoms with Crippen molar-refractivity contribution in [3.8, 4) is 0 Å². The third-order valence-corrected chi connectivity index (χ3v) is 1.93. The highest BCUT2D eigenvalue weighted by atomic mass is 14.8. The molecule has 14 heavy (non-hydrogen) atoms. The lowest BCUT2D eigenvalue weighted by molar-refractivity contribution is 1.03. The molecule has 0 atom stereocenters. The van der Waals surface area contributed by atoms with Crippen LogP contribution in [-0.2, 0) is 0 Å². The van der Waals surface area contributed by atoms with Crippen LogP contribution in [0.2, 0.25) is 0 Å². The van der Waals surface area contributed by atoms with Crippen LogP contribution >= 0.6 is 0 Å². The van der Waals surface area contributed by atoms with Gasteiger partial charge in [-0.15, -0.1) is 0 Å². The number of rotatable bonds is 4. The molecule has 3 N–H and O–H groups in total. The maximum Gasteiger partial charge on any atom is 0.107 e. The lowest BCUT2D eigenvalue weighted by Crippen LogP contribution is -2.11. The van der Waals surface area contributed by atoms with Crippen LogP contribution < -0.4 is 5.73 Å². The lowest BCUT2D eigenvalue weighted by atomic mass is 10.1. The number of nitrogens with zero attached hydrogens (tertiary/aromatic N) is 1. The van der Waals surface area contributed by atoms with E-state index < -0.39 is 0 Å². The van der Waals surface area contributed by atoms with Gasteiger partial charge in [0.25, 0.3) is 0 Å². The molecule has 0 saturated heterocycles. The highest BCUT2D eigenvalue weighted by Crippen LogP contribution is 2.10. The standard InChI is InChI=1S/C11H15N3/c12-8-11(14-9-13)7-6-10-4-2-1-3-5-10/h2,4-7,9,13H,1,3,8,12H2/b7-6+,13-9?,14-11?. The Morgan fingerprint density at radius 3 is 3.00 bits per heavy atom. The highest BCUT2D eigenvalue weighted by molar-refractivity contribution is 6.00. The normalized spacial score (nSPS) is 17.2. The second kappa shape index (κ2) is 6.05. The summed E-state index contributed by atoms with van der Waals surface area (Å²) in [6, 6.07) is 0. The van der Waals surface area contributed by atoms with Gasteiger partial charge in [-0.2, -0.15) is 0 Å². The maximum atomic E-state index is 6.83. The van der Waals surface area contributed by atoms with Crippen molar-refractivity contribution in [3.63, 3.8) is 0 Å². The molecule has 3 heteroatoms. The Morgan fingerprint density at radius 2 is 2.43 bits per heavy atom. The average Bonchev–Trinajstić information content (AvgIpc) is 2.25. The van der Waals surface area contributed by atoms with Gasteiger partial charge >= 0.3 is 0 Å². The molecule has 3 nitrogen and oxygen atoms in total. The number of nitrogens with two attached hydrogens (primary N) is 1. The Labute approximate surface area is 84.2 Å². The van der Waals surface area contributed by atoms with E-state index in [0.717, 1.165) is 24.9 Å². The minimum absolute atomic E-state index is 0.364. The molecule has 0 aromatic heterocycles. The van der Waals surface area contributed by atoms with Gasteiger partial charge in [0, 0.05) is 6.54 Å². The van der Waals surface area contributed by atoms with Crippen LogP contribution in [0.5, 0.6) is 0 Å². The molecular formula is C11H15N3. The summed E-state index contributed by atoms with van der Waals surface area (Å²) in [7, 11) is 0. The predicted molar refractivity (Wildman–Crippen MR) is 60.9 cm³/mol. The molecule has 1 aliphatic carbocycles. The Bertz CT molecular complexity index is 308. The van der Waals surface area contributed by atoms with Gasteiger partial charge in [0.15, 0.2) is 0 Å². The number of aliphatic imine (C=N–C) groups is 1. The van der Waals surface area contributed by atoms with Crippen LogP contribution in [0.1, 0.15) is 12.8 Å². The molecule has 0 aromatic carbocycles. The molecule has 1 aliphatic rings. The van der Waals surface area contributed by atoms with Crippen LogP contribution in [-0.4, -0.2) is 18.6 Å². The Hall–Kier alpha value is -1.48. The van der Waals surface area contributed by atoms with E-state index in [0.29, 0.717) is 6.54 Å². The van der Waals surface area contributed by atoms with Crippen LogP contribution in [0.3, 0.4) is 0 Å². The van der Waals surface area contributed by atoms with Gasteiger partial charge in [0.1, 0.15) is 6.34 Å². The Kier molecular flexibility index (Phi) is 4.58. The first-order chi connectivity index (χ1) is 6.86. The van der Waals surface area contributed by atoms with Crippen LogP contribution in [0.15, 0.2) is 40.9 Å². The van der Waals surface area contributed by atoms with Gasteiger partial charge in [-0.3, -0.25) is 5.41 Å². The van der Waals surface area contributed by atoms with Crippen molar-refractivity contribution in [2.75, 3.05) is 6.54 Å². The van der Waals surface area contributed by atoms with Gasteiger partial charge in [-0.25, -0.2) is 4.99 Å². The van der Waals surface area contributed by atoms with E-state index in [1.807, 2.05) is 12.2 Å². The zero-order valence-electron chi connectivity index (χ0n) is 8.11. The van der Waals surface area contributed by atoms with Gasteiger partial charge in [-0.1, -0.05) is 24.3 Å². The second-order valence-corrected chi connectivity index (χ2v) is 2.97. The molecule has 0 saturated carbocycles. The molecule has 74 valence electrons. The lowest BCUT2D eigenvalue weighted by Gasteiger charge is -2.00. The maximum absolute atomic E-state index is 6.83. The number of allylic oxidation sites excluding steroid dienone is 5. The molecule has 0 aliphatic heterocycles. The molecule has 0 amide bonds. The van der Waals surface area contributed by atoms with Crippen molar-refractivity contribution in [1.82, 2.24) is 0 Å². The molecule has 0 heterocycles. The van der Waals surface area contributed by atoms with Gasteiger partial charge in [-0.05, 0) is 24.5 Å². The smallest absolute Gasteiger partial charge is 0.107 e. The van der Waals surface area contributed by atoms with E-state index in [-0.39, 0.29) is 0 Å². The van der Waals surface area contributed by atoms with Crippen LogP contribution in [0, 0.1) is 5.41 Å². The molecule has 0 fully saturated rings. The summed E-state index contributed by atoms with van der Waals surface area (Å²) in [5, 5.41) is 6.83. The fraction of sp³-hybridized carbons (Fsp3) is 0.273. The van der Waals surface area contributed by atoms with Crippen molar-refractivity contribution in [2.45, 2.75) is 12.8 Å². The summed E-state index contributed by atoms with van der Waals surface area (Å²) in [5.74, 6) is 0. The van der Waals surface area contributed by atoms with E-state index in [1.165, 1.54) is 5.57 Å². The Balaban J connectivity index is 2.61. The zero-order valence-corrected chi connectivity index (χ0v) is 8.11. The average molecular weight is 189 g/mol. The number of hydrogen-bond acceptors (Lipinski definition) is 2. The fourth-order valence-corrected chi connectivity index (χ4v) is 1.20. The first-order valence-corrected chi connectivity index (χ1v) is 4.67. The van der Waals surface area contributed by atoms with E-state index in [4.69, 9.17) is 11.1 Å². The summed E-state index contributed by atoms with van der Waals surface area (Å²) < 4.78 is 0. The molecular weight excluding hydrogens is 174 g/mol. The largest absolute Gasteiger partial charge is 0.325 e. The number of nitrogens with one attached hydrogen (secondary N) is 1. The topological polar surface area (TPSA) is 62.2 Å². The fourth-order valence-electron chi connectivity index (χ4n) is 1.20. The van der Waals surface area contributed by atoms with Crippen molar-refractivity contribution in [3.05, 3.63) is 36.0 Å². The monoisotopic (exact) mass is 189 g/mol. The first kappa shape index (κ1) is 10.6. The minimum Gasteiger partial charge on any atom is -0.325 e. The molecule has 0 aromatic rings. The summed E-state index contributed by atoms with van der Waals surface area (Å²) in [6.07, 6.45) is 13.5. The van der Waals surface area contributed by atoms with E-state index in [1.54, 1.807) is 0 Å². The predicted octanol–water partition coefficient (Wildman–Crippen LogP) is 1.83. The second-order valence-electron chi connectivity index (χ2n) is 2.97. The van der Waals surface area contributed by atoms with Crippen molar-refractivity contribution in [2.24, 2.45) is 10.7 Å². The van der Waals surface area contributed by atoms with E-state index >= 15 is 0 Å². The highest BCUT2D eigenvalue weighted by Gasteiger charge is 1.93. The summed E-state index contributed by atoms with van der Waals surface area (Å²) >= 11 is 0. The summed E-state index contributed by atoms with van der Waals surface area (Å²) in [5.41, 5.74) is 7.36. The van der Waals surface area contributed by atoms with Gasteiger partial charge < -0.3 is 5.73 Å². The van der Waals surface area contributed by atoms with Crippen molar-refractivity contribution in [1.29, 1.82) is 5.41 Å². The van der Waals surface area contributed by atoms with Crippen LogP contribution in [0.4, 0.5) is 0 Å². The minimum atomic E-state index is 0.364. The quantitative estimate of drug-likeness (QED) is 0.514. The van der Waals surface area contributed by atoms with Crippen molar-refractivity contribution < 1.29 is 0 Å². The van der Waals surface area contributed by atoms with Gasteiger partial charge in [0.2, 0.25) is 0 Å². The van der Waals surface area contributed by atoms with E-state index in [2.05, 4.69) is 23.2 Å². The summed E-state index contributed by atoms with van der Waals surface area (Å²) in [6.45, 7) is 0.364. The Morgan fingerprint density at radius 1 is 1.57 bits per heavy atom. The van der Waals surface area contributed by atoms with Crippen LogP contribution in [0.25, 0.3) is 0 Å². The third-order valence-electron chi connectivity index (χ3n) is 1.93. The molecule has 0 spiro atoms. The van der Waals surface area contributed by atoms with Gasteiger partial charge in [0.05, 0.1) is 5.71 Å². The molecule has 0 bridgehead atoms. The van der Waals surface area contributed by atoms with E-state index in [9.17, 15) is 0 Å². The summed E-state index contributed by atoms with van der Waals surface area (Å²) in [4.78, 5) is 3.82. The number of hydrogen-bond donors (Lipinski definition) is 2. The SMILES string of the molecule is N=CN=C(/C=C/C1=CCCC=C1)CN. The zero-order chi connectivity index (χ0) is 10.2. The first-order valence-electron chi connectivity index (χ1n) is 4.67.